The zero-order chi connectivity index (χ0) is 12.8. The van der Waals surface area contributed by atoms with E-state index in [1.807, 2.05) is 12.1 Å². The Bertz CT molecular complexity index is 367. The van der Waals surface area contributed by atoms with Gasteiger partial charge < -0.3 is 15.0 Å². The van der Waals surface area contributed by atoms with E-state index in [2.05, 4.69) is 29.3 Å². The molecule has 1 unspecified atom stereocenters. The molecule has 1 heterocycles. The molecule has 2 rings (SSSR count). The molecule has 1 aromatic rings. The van der Waals surface area contributed by atoms with Crippen molar-refractivity contribution in [3.63, 3.8) is 0 Å². The first-order chi connectivity index (χ1) is 8.85. The molecule has 1 fully saturated rings. The average Bonchev–Trinajstić information content (AvgIpc) is 2.88. The maximum Gasteiger partial charge on any atom is 0.142 e. The van der Waals surface area contributed by atoms with Crippen LogP contribution in [0.2, 0.25) is 0 Å². The van der Waals surface area contributed by atoms with Crippen molar-refractivity contribution in [1.29, 1.82) is 0 Å². The highest BCUT2D eigenvalue weighted by Crippen LogP contribution is 2.32. The first-order valence-electron chi connectivity index (χ1n) is 6.93. The van der Waals surface area contributed by atoms with E-state index in [0.29, 0.717) is 0 Å². The van der Waals surface area contributed by atoms with Crippen LogP contribution in [0.15, 0.2) is 24.3 Å². The summed E-state index contributed by atoms with van der Waals surface area (Å²) in [5.74, 6) is 1.80. The normalized spacial score (nSPS) is 19.2. The van der Waals surface area contributed by atoms with Crippen LogP contribution < -0.4 is 15.0 Å². The molecule has 1 N–H and O–H groups in total. The summed E-state index contributed by atoms with van der Waals surface area (Å²) in [4.78, 5) is 2.45. The Morgan fingerprint density at radius 1 is 1.39 bits per heavy atom. The van der Waals surface area contributed by atoms with E-state index in [1.54, 1.807) is 7.11 Å². The Morgan fingerprint density at radius 2 is 2.22 bits per heavy atom. The average molecular weight is 248 g/mol. The van der Waals surface area contributed by atoms with Gasteiger partial charge in [0.1, 0.15) is 5.75 Å². The van der Waals surface area contributed by atoms with Crippen LogP contribution in [-0.2, 0) is 0 Å². The monoisotopic (exact) mass is 248 g/mol. The molecule has 1 aromatic carbocycles. The van der Waals surface area contributed by atoms with Crippen molar-refractivity contribution in [2.45, 2.75) is 19.8 Å². The van der Waals surface area contributed by atoms with E-state index in [9.17, 15) is 0 Å². The molecule has 0 aliphatic carbocycles. The van der Waals surface area contributed by atoms with Gasteiger partial charge in [0.05, 0.1) is 12.8 Å². The smallest absolute Gasteiger partial charge is 0.142 e. The summed E-state index contributed by atoms with van der Waals surface area (Å²) < 4.78 is 5.44. The molecule has 3 heteroatoms. The Hall–Kier alpha value is -1.22. The topological polar surface area (TPSA) is 24.5 Å². The minimum atomic E-state index is 0.814. The van der Waals surface area contributed by atoms with Gasteiger partial charge >= 0.3 is 0 Å². The predicted octanol–water partition coefficient (Wildman–Crippen LogP) is 2.52. The number of hydrogen-bond donors (Lipinski definition) is 1. The molecule has 1 aliphatic rings. The number of methoxy groups -OCH3 is 1. The lowest BCUT2D eigenvalue weighted by atomic mass is 10.1. The van der Waals surface area contributed by atoms with E-state index in [1.165, 1.54) is 18.5 Å². The molecule has 0 radical (unpaired) electrons. The number of anilines is 1. The largest absolute Gasteiger partial charge is 0.495 e. The molecule has 0 saturated carbocycles. The fraction of sp³-hybridized carbons (Fsp3) is 0.600. The van der Waals surface area contributed by atoms with Crippen LogP contribution >= 0.6 is 0 Å². The highest BCUT2D eigenvalue weighted by atomic mass is 16.5. The van der Waals surface area contributed by atoms with Gasteiger partial charge in [-0.05, 0) is 44.0 Å². The third-order valence-electron chi connectivity index (χ3n) is 3.69. The van der Waals surface area contributed by atoms with Gasteiger partial charge in [0.2, 0.25) is 0 Å². The number of hydrogen-bond acceptors (Lipinski definition) is 3. The molecule has 100 valence electrons. The highest BCUT2D eigenvalue weighted by molar-refractivity contribution is 5.58. The molecule has 18 heavy (non-hydrogen) atoms. The Balaban J connectivity index is 1.91. The summed E-state index contributed by atoms with van der Waals surface area (Å²) in [6.45, 7) is 6.68. The Kier molecular flexibility index (Phi) is 4.88. The van der Waals surface area contributed by atoms with Gasteiger partial charge in [-0.25, -0.2) is 0 Å². The lowest BCUT2D eigenvalue weighted by Crippen LogP contribution is -2.22. The molecule has 3 nitrogen and oxygen atoms in total. The first kappa shape index (κ1) is 13.2. The van der Waals surface area contributed by atoms with Crippen LogP contribution in [0.3, 0.4) is 0 Å². The van der Waals surface area contributed by atoms with Crippen molar-refractivity contribution in [2.75, 3.05) is 38.2 Å². The van der Waals surface area contributed by atoms with Crippen molar-refractivity contribution in [2.24, 2.45) is 5.92 Å². The van der Waals surface area contributed by atoms with Gasteiger partial charge in [0.15, 0.2) is 0 Å². The molecule has 1 aliphatic heterocycles. The van der Waals surface area contributed by atoms with E-state index >= 15 is 0 Å². The van der Waals surface area contributed by atoms with Gasteiger partial charge in [-0.1, -0.05) is 19.1 Å². The van der Waals surface area contributed by atoms with Crippen molar-refractivity contribution in [3.8, 4) is 5.75 Å². The molecule has 0 bridgehead atoms. The summed E-state index contributed by atoms with van der Waals surface area (Å²) in [6.07, 6.45) is 2.57. The third-order valence-corrected chi connectivity index (χ3v) is 3.69. The van der Waals surface area contributed by atoms with Crippen LogP contribution in [-0.4, -0.2) is 33.3 Å². The second kappa shape index (κ2) is 6.64. The summed E-state index contributed by atoms with van der Waals surface area (Å²) >= 11 is 0. The van der Waals surface area contributed by atoms with Crippen LogP contribution in [0.1, 0.15) is 19.8 Å². The minimum Gasteiger partial charge on any atom is -0.495 e. The third kappa shape index (κ3) is 3.16. The van der Waals surface area contributed by atoms with Crippen LogP contribution in [0.5, 0.6) is 5.75 Å². The van der Waals surface area contributed by atoms with Crippen molar-refractivity contribution < 1.29 is 4.74 Å². The highest BCUT2D eigenvalue weighted by Gasteiger charge is 2.23. The van der Waals surface area contributed by atoms with Gasteiger partial charge in [-0.2, -0.15) is 0 Å². The van der Waals surface area contributed by atoms with E-state index in [4.69, 9.17) is 4.74 Å². The predicted molar refractivity (Wildman–Crippen MR) is 76.5 cm³/mol. The van der Waals surface area contributed by atoms with E-state index < -0.39 is 0 Å². The maximum absolute atomic E-state index is 5.44. The fourth-order valence-corrected chi connectivity index (χ4v) is 2.66. The van der Waals surface area contributed by atoms with Gasteiger partial charge in [0, 0.05) is 13.1 Å². The minimum absolute atomic E-state index is 0.814. The summed E-state index contributed by atoms with van der Waals surface area (Å²) in [6, 6.07) is 8.32. The van der Waals surface area contributed by atoms with E-state index in [0.717, 1.165) is 37.8 Å². The fourth-order valence-electron chi connectivity index (χ4n) is 2.66. The quantitative estimate of drug-likeness (QED) is 0.783. The van der Waals surface area contributed by atoms with Crippen LogP contribution in [0.4, 0.5) is 5.69 Å². The Labute approximate surface area is 110 Å². The second-order valence-corrected chi connectivity index (χ2v) is 4.91. The second-order valence-electron chi connectivity index (χ2n) is 4.91. The molecule has 1 atom stereocenters. The summed E-state index contributed by atoms with van der Waals surface area (Å²) in [5, 5.41) is 3.41. The van der Waals surface area contributed by atoms with Crippen molar-refractivity contribution >= 4 is 5.69 Å². The number of rotatable bonds is 6. The standard InChI is InChI=1S/C15H24N2O/c1-3-16-10-8-13-9-11-17(12-13)14-6-4-5-7-15(14)18-2/h4-7,13,16H,3,8-12H2,1-2H3. The van der Waals surface area contributed by atoms with Crippen molar-refractivity contribution in [3.05, 3.63) is 24.3 Å². The molecule has 0 amide bonds. The summed E-state index contributed by atoms with van der Waals surface area (Å²) in [5.41, 5.74) is 1.24. The van der Waals surface area contributed by atoms with Gasteiger partial charge in [0.25, 0.3) is 0 Å². The lowest BCUT2D eigenvalue weighted by Gasteiger charge is -2.21. The number of benzene rings is 1. The zero-order valence-corrected chi connectivity index (χ0v) is 11.5. The van der Waals surface area contributed by atoms with E-state index in [-0.39, 0.29) is 0 Å². The molecule has 0 spiro atoms. The zero-order valence-electron chi connectivity index (χ0n) is 11.5. The van der Waals surface area contributed by atoms with Crippen LogP contribution in [0.25, 0.3) is 0 Å². The molecule has 1 saturated heterocycles. The number of ether oxygens (including phenoxy) is 1. The number of nitrogens with one attached hydrogen (secondary N) is 1. The Morgan fingerprint density at radius 3 is 3.00 bits per heavy atom. The SMILES string of the molecule is CCNCCC1CCN(c2ccccc2OC)C1. The van der Waals surface area contributed by atoms with Gasteiger partial charge in [-0.15, -0.1) is 0 Å². The summed E-state index contributed by atoms with van der Waals surface area (Å²) in [7, 11) is 1.75. The first-order valence-corrected chi connectivity index (χ1v) is 6.93. The number of para-hydroxylation sites is 2. The number of nitrogens with zero attached hydrogens (tertiary/aromatic N) is 1. The molecule has 0 aromatic heterocycles. The van der Waals surface area contributed by atoms with Crippen molar-refractivity contribution in [1.82, 2.24) is 5.32 Å². The molecular weight excluding hydrogens is 224 g/mol. The molecular formula is C15H24N2O. The van der Waals surface area contributed by atoms with Crippen LogP contribution in [0, 0.1) is 5.92 Å². The lowest BCUT2D eigenvalue weighted by molar-refractivity contribution is 0.414. The van der Waals surface area contributed by atoms with Gasteiger partial charge in [-0.3, -0.25) is 0 Å². The maximum atomic E-state index is 5.44.